The lowest BCUT2D eigenvalue weighted by atomic mass is 9.95. The largest absolute Gasteiger partial charge is 0.379 e. The van der Waals surface area contributed by atoms with Gasteiger partial charge in [0.2, 0.25) is 11.8 Å². The van der Waals surface area contributed by atoms with Crippen LogP contribution < -0.4 is 5.32 Å². The van der Waals surface area contributed by atoms with Crippen LogP contribution in [0.5, 0.6) is 0 Å². The summed E-state index contributed by atoms with van der Waals surface area (Å²) in [7, 11) is 0. The Labute approximate surface area is 148 Å². The minimum absolute atomic E-state index is 0.0169. The van der Waals surface area contributed by atoms with Gasteiger partial charge >= 0.3 is 0 Å². The molecule has 2 rings (SSSR count). The van der Waals surface area contributed by atoms with Crippen molar-refractivity contribution in [3.8, 4) is 0 Å². The SMILES string of the molecule is CC(C)OCCCNC(=O)C1CCN(C(=O)C(C)n2cncn2)CC1. The van der Waals surface area contributed by atoms with Gasteiger partial charge in [-0.2, -0.15) is 5.10 Å². The normalized spacial score (nSPS) is 16.9. The standard InChI is InChI=1S/C17H29N5O3/c1-13(2)25-10-4-7-19-16(23)15-5-8-21(9-6-15)17(24)14(3)22-12-18-11-20-22/h11-15H,4-10H2,1-3H3,(H,19,23). The zero-order valence-corrected chi connectivity index (χ0v) is 15.4. The van der Waals surface area contributed by atoms with Crippen LogP contribution in [-0.4, -0.2) is 63.8 Å². The molecule has 1 saturated heterocycles. The summed E-state index contributed by atoms with van der Waals surface area (Å²) in [5, 5.41) is 6.99. The number of rotatable bonds is 8. The molecule has 1 fully saturated rings. The molecule has 0 aliphatic carbocycles. The Hall–Kier alpha value is -1.96. The van der Waals surface area contributed by atoms with Crippen LogP contribution in [0.4, 0.5) is 0 Å². The number of piperidine rings is 1. The summed E-state index contributed by atoms with van der Waals surface area (Å²) in [6.45, 7) is 8.31. The van der Waals surface area contributed by atoms with Crippen LogP contribution in [0.1, 0.15) is 46.1 Å². The number of hydrogen-bond acceptors (Lipinski definition) is 5. The molecule has 1 unspecified atom stereocenters. The molecule has 1 N–H and O–H groups in total. The minimum Gasteiger partial charge on any atom is -0.379 e. The summed E-state index contributed by atoms with van der Waals surface area (Å²) < 4.78 is 7.01. The van der Waals surface area contributed by atoms with E-state index in [-0.39, 0.29) is 29.9 Å². The lowest BCUT2D eigenvalue weighted by Gasteiger charge is -2.33. The molecular weight excluding hydrogens is 322 g/mol. The van der Waals surface area contributed by atoms with Crippen molar-refractivity contribution in [2.75, 3.05) is 26.2 Å². The van der Waals surface area contributed by atoms with Gasteiger partial charge in [0.15, 0.2) is 0 Å². The maximum absolute atomic E-state index is 12.5. The lowest BCUT2D eigenvalue weighted by Crippen LogP contribution is -2.45. The summed E-state index contributed by atoms with van der Waals surface area (Å²) >= 11 is 0. The number of amides is 2. The summed E-state index contributed by atoms with van der Waals surface area (Å²) in [5.41, 5.74) is 0. The van der Waals surface area contributed by atoms with E-state index in [1.54, 1.807) is 11.0 Å². The number of nitrogens with one attached hydrogen (secondary N) is 1. The fourth-order valence-corrected chi connectivity index (χ4v) is 2.90. The lowest BCUT2D eigenvalue weighted by molar-refractivity contribution is -0.138. The van der Waals surface area contributed by atoms with Crippen LogP contribution >= 0.6 is 0 Å². The molecule has 1 aliphatic heterocycles. The van der Waals surface area contributed by atoms with E-state index in [1.165, 1.54) is 6.33 Å². The molecule has 0 aromatic carbocycles. The first-order valence-electron chi connectivity index (χ1n) is 9.01. The van der Waals surface area contributed by atoms with Gasteiger partial charge in [0.1, 0.15) is 18.7 Å². The molecule has 1 aromatic heterocycles. The van der Waals surface area contributed by atoms with E-state index >= 15 is 0 Å². The number of aromatic nitrogens is 3. The van der Waals surface area contributed by atoms with Gasteiger partial charge in [0.05, 0.1) is 6.10 Å². The van der Waals surface area contributed by atoms with E-state index in [4.69, 9.17) is 4.74 Å². The van der Waals surface area contributed by atoms with Crippen molar-refractivity contribution in [3.05, 3.63) is 12.7 Å². The Morgan fingerprint density at radius 3 is 2.60 bits per heavy atom. The van der Waals surface area contributed by atoms with Crippen molar-refractivity contribution < 1.29 is 14.3 Å². The average molecular weight is 351 g/mol. The van der Waals surface area contributed by atoms with Crippen molar-refractivity contribution >= 4 is 11.8 Å². The summed E-state index contributed by atoms with van der Waals surface area (Å²) in [6, 6.07) is -0.367. The molecule has 25 heavy (non-hydrogen) atoms. The third-order valence-electron chi connectivity index (χ3n) is 4.44. The fourth-order valence-electron chi connectivity index (χ4n) is 2.90. The van der Waals surface area contributed by atoms with Crippen LogP contribution in [0, 0.1) is 5.92 Å². The Kier molecular flexibility index (Phi) is 7.36. The maximum atomic E-state index is 12.5. The van der Waals surface area contributed by atoms with Gasteiger partial charge in [0, 0.05) is 32.2 Å². The highest BCUT2D eigenvalue weighted by atomic mass is 16.5. The quantitative estimate of drug-likeness (QED) is 0.706. The van der Waals surface area contributed by atoms with E-state index in [0.717, 1.165) is 6.42 Å². The molecule has 0 spiro atoms. The molecule has 2 amide bonds. The highest BCUT2D eigenvalue weighted by molar-refractivity contribution is 5.81. The molecule has 0 saturated carbocycles. The van der Waals surface area contributed by atoms with Crippen molar-refractivity contribution in [1.82, 2.24) is 25.0 Å². The second kappa shape index (κ2) is 9.50. The highest BCUT2D eigenvalue weighted by Gasteiger charge is 2.29. The predicted molar refractivity (Wildman–Crippen MR) is 92.8 cm³/mol. The number of carbonyl (C=O) groups is 2. The molecular formula is C17H29N5O3. The number of ether oxygens (including phenoxy) is 1. The third kappa shape index (κ3) is 5.81. The molecule has 0 bridgehead atoms. The zero-order valence-electron chi connectivity index (χ0n) is 15.4. The Morgan fingerprint density at radius 1 is 1.28 bits per heavy atom. The van der Waals surface area contributed by atoms with Gasteiger partial charge < -0.3 is 15.0 Å². The molecule has 1 aromatic rings. The molecule has 8 nitrogen and oxygen atoms in total. The van der Waals surface area contributed by atoms with Crippen molar-refractivity contribution in [1.29, 1.82) is 0 Å². The highest BCUT2D eigenvalue weighted by Crippen LogP contribution is 2.20. The third-order valence-corrected chi connectivity index (χ3v) is 4.44. The number of likely N-dealkylation sites (tertiary alicyclic amines) is 1. The van der Waals surface area contributed by atoms with Crippen molar-refractivity contribution in [2.45, 2.75) is 52.2 Å². The molecule has 140 valence electrons. The Balaban J connectivity index is 1.68. The van der Waals surface area contributed by atoms with Crippen molar-refractivity contribution in [3.63, 3.8) is 0 Å². The molecule has 1 atom stereocenters. The van der Waals surface area contributed by atoms with Gasteiger partial charge in [0.25, 0.3) is 0 Å². The van der Waals surface area contributed by atoms with E-state index in [9.17, 15) is 9.59 Å². The topological polar surface area (TPSA) is 89.4 Å². The second-order valence-corrected chi connectivity index (χ2v) is 6.72. The monoisotopic (exact) mass is 351 g/mol. The fraction of sp³-hybridized carbons (Fsp3) is 0.765. The van der Waals surface area contributed by atoms with E-state index in [1.807, 2.05) is 25.7 Å². The minimum atomic E-state index is -0.367. The van der Waals surface area contributed by atoms with E-state index in [0.29, 0.717) is 39.1 Å². The van der Waals surface area contributed by atoms with Crippen LogP contribution in [0.2, 0.25) is 0 Å². The Bertz CT molecular complexity index is 538. The number of nitrogens with zero attached hydrogens (tertiary/aromatic N) is 4. The first kappa shape index (κ1) is 19.4. The van der Waals surface area contributed by atoms with Gasteiger partial charge in [-0.3, -0.25) is 9.59 Å². The van der Waals surface area contributed by atoms with E-state index in [2.05, 4.69) is 15.4 Å². The zero-order chi connectivity index (χ0) is 18.2. The second-order valence-electron chi connectivity index (χ2n) is 6.72. The summed E-state index contributed by atoms with van der Waals surface area (Å²) in [4.78, 5) is 30.4. The Morgan fingerprint density at radius 2 is 2.00 bits per heavy atom. The summed E-state index contributed by atoms with van der Waals surface area (Å²) in [5.74, 6) is 0.0907. The molecule has 0 radical (unpaired) electrons. The van der Waals surface area contributed by atoms with Crippen LogP contribution in [0.3, 0.4) is 0 Å². The summed E-state index contributed by atoms with van der Waals surface area (Å²) in [6.07, 6.45) is 5.40. The first-order chi connectivity index (χ1) is 12.0. The van der Waals surface area contributed by atoms with Gasteiger partial charge in [-0.05, 0) is 40.0 Å². The first-order valence-corrected chi connectivity index (χ1v) is 9.01. The predicted octanol–water partition coefficient (Wildman–Crippen LogP) is 1.01. The van der Waals surface area contributed by atoms with Crippen molar-refractivity contribution in [2.24, 2.45) is 5.92 Å². The smallest absolute Gasteiger partial charge is 0.247 e. The van der Waals surface area contributed by atoms with Gasteiger partial charge in [-0.1, -0.05) is 0 Å². The number of carbonyl (C=O) groups excluding carboxylic acids is 2. The van der Waals surface area contributed by atoms with Gasteiger partial charge in [-0.15, -0.1) is 0 Å². The molecule has 2 heterocycles. The molecule has 1 aliphatic rings. The van der Waals surface area contributed by atoms with Gasteiger partial charge in [-0.25, -0.2) is 9.67 Å². The molecule has 8 heteroatoms. The van der Waals surface area contributed by atoms with Crippen LogP contribution in [0.15, 0.2) is 12.7 Å². The van der Waals surface area contributed by atoms with Crippen LogP contribution in [0.25, 0.3) is 0 Å². The average Bonchev–Trinajstić information content (AvgIpc) is 3.14. The maximum Gasteiger partial charge on any atom is 0.247 e. The van der Waals surface area contributed by atoms with E-state index < -0.39 is 0 Å². The van der Waals surface area contributed by atoms with Crippen LogP contribution in [-0.2, 0) is 14.3 Å². The number of hydrogen-bond donors (Lipinski definition) is 1.